The van der Waals surface area contributed by atoms with E-state index in [0.717, 1.165) is 18.5 Å². The quantitative estimate of drug-likeness (QED) is 0.621. The van der Waals surface area contributed by atoms with Crippen LogP contribution in [0.5, 0.6) is 0 Å². The van der Waals surface area contributed by atoms with E-state index in [1.807, 2.05) is 0 Å². The Bertz CT molecular complexity index is 216. The number of rotatable bonds is 11. The van der Waals surface area contributed by atoms with Crippen LogP contribution in [0.15, 0.2) is 0 Å². The van der Waals surface area contributed by atoms with Gasteiger partial charge in [-0.2, -0.15) is 0 Å². The van der Waals surface area contributed by atoms with E-state index in [0.29, 0.717) is 0 Å². The molecule has 0 saturated heterocycles. The predicted molar refractivity (Wildman–Crippen MR) is 84.7 cm³/mol. The molecule has 0 aromatic rings. The Morgan fingerprint density at radius 2 is 1.68 bits per heavy atom. The van der Waals surface area contributed by atoms with Gasteiger partial charge in [-0.05, 0) is 71.0 Å². The normalized spacial score (nSPS) is 23.1. The Balaban J connectivity index is 2.25. The van der Waals surface area contributed by atoms with Crippen LogP contribution in [0, 0.1) is 5.92 Å². The number of hydrogen-bond acceptors (Lipinski definition) is 3. The van der Waals surface area contributed by atoms with Crippen LogP contribution < -0.4 is 5.32 Å². The molecule has 0 spiro atoms. The summed E-state index contributed by atoms with van der Waals surface area (Å²) in [5.74, 6) is 0.897. The van der Waals surface area contributed by atoms with Crippen molar-refractivity contribution in [3.05, 3.63) is 0 Å². The second-order valence-electron chi connectivity index (χ2n) is 5.72. The van der Waals surface area contributed by atoms with Gasteiger partial charge >= 0.3 is 0 Å². The maximum atomic E-state index is 3.52. The molecule has 0 bridgehead atoms. The van der Waals surface area contributed by atoms with Gasteiger partial charge in [-0.15, -0.1) is 0 Å². The summed E-state index contributed by atoms with van der Waals surface area (Å²) in [5.41, 5.74) is 0. The minimum atomic E-state index is 0.848. The zero-order valence-corrected chi connectivity index (χ0v) is 13.6. The predicted octanol–water partition coefficient (Wildman–Crippen LogP) is 2.43. The van der Waals surface area contributed by atoms with Gasteiger partial charge < -0.3 is 15.1 Å². The summed E-state index contributed by atoms with van der Waals surface area (Å²) in [6, 6.07) is 0.848. The molecule has 0 aliphatic heterocycles. The molecule has 2 unspecified atom stereocenters. The first-order valence-electron chi connectivity index (χ1n) is 8.43. The lowest BCUT2D eigenvalue weighted by atomic mass is 9.78. The van der Waals surface area contributed by atoms with E-state index in [4.69, 9.17) is 0 Å². The van der Waals surface area contributed by atoms with Gasteiger partial charge in [-0.1, -0.05) is 27.7 Å². The zero-order valence-electron chi connectivity index (χ0n) is 13.6. The largest absolute Gasteiger partial charge is 0.317 e. The Labute approximate surface area is 120 Å². The third-order valence-electron chi connectivity index (χ3n) is 4.72. The van der Waals surface area contributed by atoms with E-state index >= 15 is 0 Å². The summed E-state index contributed by atoms with van der Waals surface area (Å²) in [7, 11) is 0. The van der Waals surface area contributed by atoms with Crippen molar-refractivity contribution in [1.29, 1.82) is 0 Å². The average Bonchev–Trinajstić information content (AvgIpc) is 2.41. The molecule has 1 rings (SSSR count). The highest BCUT2D eigenvalue weighted by atomic mass is 15.2. The van der Waals surface area contributed by atoms with Crippen molar-refractivity contribution in [2.75, 3.05) is 45.8 Å². The molecule has 0 aromatic heterocycles. The lowest BCUT2D eigenvalue weighted by molar-refractivity contribution is 0.0629. The molecule has 0 heterocycles. The summed E-state index contributed by atoms with van der Waals surface area (Å²) in [5, 5.41) is 3.52. The molecule has 1 saturated carbocycles. The number of hydrogen-bond donors (Lipinski definition) is 1. The van der Waals surface area contributed by atoms with Crippen LogP contribution in [-0.2, 0) is 0 Å². The van der Waals surface area contributed by atoms with Crippen LogP contribution >= 0.6 is 0 Å². The van der Waals surface area contributed by atoms with Gasteiger partial charge in [0.15, 0.2) is 0 Å². The van der Waals surface area contributed by atoms with Crippen LogP contribution in [0.25, 0.3) is 0 Å². The molecule has 1 fully saturated rings. The Kier molecular flexibility index (Phi) is 8.67. The number of nitrogens with zero attached hydrogens (tertiary/aromatic N) is 2. The molecule has 1 N–H and O–H groups in total. The van der Waals surface area contributed by atoms with Crippen molar-refractivity contribution in [3.8, 4) is 0 Å². The van der Waals surface area contributed by atoms with Gasteiger partial charge in [0.2, 0.25) is 0 Å². The molecule has 0 amide bonds. The molecule has 114 valence electrons. The van der Waals surface area contributed by atoms with Crippen molar-refractivity contribution < 1.29 is 0 Å². The van der Waals surface area contributed by atoms with Gasteiger partial charge in [-0.3, -0.25) is 0 Å². The monoisotopic (exact) mass is 269 g/mol. The lowest BCUT2D eigenvalue weighted by Crippen LogP contribution is -2.51. The van der Waals surface area contributed by atoms with Gasteiger partial charge in [0, 0.05) is 6.04 Å². The Morgan fingerprint density at radius 3 is 2.16 bits per heavy atom. The van der Waals surface area contributed by atoms with Crippen LogP contribution in [-0.4, -0.2) is 61.7 Å². The summed E-state index contributed by atoms with van der Waals surface area (Å²) >= 11 is 0. The van der Waals surface area contributed by atoms with Crippen molar-refractivity contribution in [2.45, 2.75) is 53.0 Å². The van der Waals surface area contributed by atoms with E-state index in [9.17, 15) is 0 Å². The Hall–Kier alpha value is -0.120. The Morgan fingerprint density at radius 1 is 0.947 bits per heavy atom. The van der Waals surface area contributed by atoms with Crippen LogP contribution in [0.3, 0.4) is 0 Å². The zero-order chi connectivity index (χ0) is 14.1. The van der Waals surface area contributed by atoms with Gasteiger partial charge in [0.05, 0.1) is 0 Å². The van der Waals surface area contributed by atoms with Crippen molar-refractivity contribution >= 4 is 0 Å². The molecule has 1 aliphatic rings. The SMILES string of the molecule is CCNCC1CCC1N(CC)CCCN(CC)CC. The molecule has 1 aliphatic carbocycles. The summed E-state index contributed by atoms with van der Waals surface area (Å²) in [4.78, 5) is 5.25. The fraction of sp³-hybridized carbons (Fsp3) is 1.00. The third kappa shape index (κ3) is 5.41. The van der Waals surface area contributed by atoms with Gasteiger partial charge in [-0.25, -0.2) is 0 Å². The fourth-order valence-electron chi connectivity index (χ4n) is 3.20. The highest BCUT2D eigenvalue weighted by molar-refractivity contribution is 4.89. The van der Waals surface area contributed by atoms with E-state index in [1.165, 1.54) is 58.5 Å². The van der Waals surface area contributed by atoms with Crippen LogP contribution in [0.1, 0.15) is 47.0 Å². The molecule has 0 radical (unpaired) electrons. The van der Waals surface area contributed by atoms with Crippen molar-refractivity contribution in [1.82, 2.24) is 15.1 Å². The maximum absolute atomic E-state index is 3.52. The van der Waals surface area contributed by atoms with Crippen LogP contribution in [0.2, 0.25) is 0 Å². The van der Waals surface area contributed by atoms with Crippen molar-refractivity contribution in [3.63, 3.8) is 0 Å². The van der Waals surface area contributed by atoms with Crippen molar-refractivity contribution in [2.24, 2.45) is 5.92 Å². The lowest BCUT2D eigenvalue weighted by Gasteiger charge is -2.44. The van der Waals surface area contributed by atoms with Gasteiger partial charge in [0.25, 0.3) is 0 Å². The third-order valence-corrected chi connectivity index (χ3v) is 4.72. The first-order valence-corrected chi connectivity index (χ1v) is 8.43. The smallest absolute Gasteiger partial charge is 0.0136 e. The topological polar surface area (TPSA) is 18.5 Å². The van der Waals surface area contributed by atoms with E-state index in [-0.39, 0.29) is 0 Å². The second kappa shape index (κ2) is 9.73. The molecule has 3 nitrogen and oxygen atoms in total. The molecule has 3 heteroatoms. The number of nitrogens with one attached hydrogen (secondary N) is 1. The summed E-state index contributed by atoms with van der Waals surface area (Å²) in [6.07, 6.45) is 4.15. The fourth-order valence-corrected chi connectivity index (χ4v) is 3.20. The molecule has 19 heavy (non-hydrogen) atoms. The minimum absolute atomic E-state index is 0.848. The second-order valence-corrected chi connectivity index (χ2v) is 5.72. The average molecular weight is 269 g/mol. The molecular formula is C16H35N3. The van der Waals surface area contributed by atoms with Gasteiger partial charge in [0.1, 0.15) is 0 Å². The maximum Gasteiger partial charge on any atom is 0.0136 e. The molecule has 0 aromatic carbocycles. The molecular weight excluding hydrogens is 234 g/mol. The first kappa shape index (κ1) is 16.9. The van der Waals surface area contributed by atoms with E-state index < -0.39 is 0 Å². The highest BCUT2D eigenvalue weighted by Gasteiger charge is 2.33. The van der Waals surface area contributed by atoms with E-state index in [2.05, 4.69) is 42.8 Å². The summed E-state index contributed by atoms with van der Waals surface area (Å²) < 4.78 is 0. The minimum Gasteiger partial charge on any atom is -0.317 e. The first-order chi connectivity index (χ1) is 9.26. The molecule has 2 atom stereocenters. The summed E-state index contributed by atoms with van der Waals surface area (Å²) in [6.45, 7) is 17.5. The highest BCUT2D eigenvalue weighted by Crippen LogP contribution is 2.31. The van der Waals surface area contributed by atoms with E-state index in [1.54, 1.807) is 0 Å². The standard InChI is InChI=1S/C16H35N3/c1-5-17-14-15-10-11-16(15)19(8-4)13-9-12-18(6-2)7-3/h15-17H,5-14H2,1-4H3. The van der Waals surface area contributed by atoms with Crippen LogP contribution in [0.4, 0.5) is 0 Å².